The maximum absolute atomic E-state index is 9.91. The van der Waals surface area contributed by atoms with Gasteiger partial charge in [0.2, 0.25) is 0 Å². The molecule has 0 heterocycles. The highest BCUT2D eigenvalue weighted by Crippen LogP contribution is 2.55. The molecule has 4 bridgehead atoms. The van der Waals surface area contributed by atoms with Gasteiger partial charge in [0, 0.05) is 11.3 Å². The Labute approximate surface area is 78.1 Å². The van der Waals surface area contributed by atoms with E-state index < -0.39 is 0 Å². The highest BCUT2D eigenvalue weighted by atomic mass is 35.5. The second-order valence-electron chi connectivity index (χ2n) is 4.93. The van der Waals surface area contributed by atoms with Gasteiger partial charge in [-0.25, -0.2) is 0 Å². The van der Waals surface area contributed by atoms with Crippen LogP contribution in [0.2, 0.25) is 0 Å². The molecule has 0 amide bonds. The first-order valence-electron chi connectivity index (χ1n) is 5.08. The van der Waals surface area contributed by atoms with Crippen molar-refractivity contribution in [3.63, 3.8) is 0 Å². The SMILES string of the molecule is OC1C2CC3CC(C2)C(Cl)C1C3. The molecule has 2 heteroatoms. The Morgan fingerprint density at radius 3 is 2.58 bits per heavy atom. The first kappa shape index (κ1) is 7.64. The molecular weight excluding hydrogens is 172 g/mol. The van der Waals surface area contributed by atoms with Crippen molar-refractivity contribution in [2.75, 3.05) is 0 Å². The molecule has 4 saturated carbocycles. The van der Waals surface area contributed by atoms with E-state index in [1.165, 1.54) is 25.7 Å². The Hall–Kier alpha value is 0.250. The van der Waals surface area contributed by atoms with E-state index in [1.807, 2.05) is 0 Å². The van der Waals surface area contributed by atoms with Gasteiger partial charge >= 0.3 is 0 Å². The van der Waals surface area contributed by atoms with Crippen LogP contribution in [0, 0.1) is 23.7 Å². The van der Waals surface area contributed by atoms with Crippen molar-refractivity contribution in [1.29, 1.82) is 0 Å². The smallest absolute Gasteiger partial charge is 0.0611 e. The second-order valence-corrected chi connectivity index (χ2v) is 5.43. The normalized spacial score (nSPS) is 62.5. The van der Waals surface area contributed by atoms with E-state index in [0.29, 0.717) is 11.8 Å². The van der Waals surface area contributed by atoms with Gasteiger partial charge in [-0.1, -0.05) is 0 Å². The Balaban J connectivity index is 1.93. The topological polar surface area (TPSA) is 20.2 Å². The highest BCUT2D eigenvalue weighted by Gasteiger charge is 2.52. The number of hydrogen-bond donors (Lipinski definition) is 1. The van der Waals surface area contributed by atoms with E-state index in [1.54, 1.807) is 0 Å². The summed E-state index contributed by atoms with van der Waals surface area (Å²) in [5.74, 6) is 2.67. The molecule has 0 saturated heterocycles. The minimum Gasteiger partial charge on any atom is -0.392 e. The summed E-state index contributed by atoms with van der Waals surface area (Å²) < 4.78 is 0. The number of halogens is 1. The van der Waals surface area contributed by atoms with Crippen molar-refractivity contribution in [2.45, 2.75) is 37.2 Å². The summed E-state index contributed by atoms with van der Waals surface area (Å²) in [5.41, 5.74) is 0. The zero-order chi connectivity index (χ0) is 8.29. The predicted octanol–water partition coefficient (Wildman–Crippen LogP) is 2.02. The Bertz CT molecular complexity index is 188. The van der Waals surface area contributed by atoms with Gasteiger partial charge in [0.25, 0.3) is 0 Å². The van der Waals surface area contributed by atoms with Gasteiger partial charge in [0.05, 0.1) is 6.10 Å². The molecule has 0 spiro atoms. The zero-order valence-corrected chi connectivity index (χ0v) is 7.87. The van der Waals surface area contributed by atoms with Crippen LogP contribution in [0.25, 0.3) is 0 Å². The Kier molecular flexibility index (Phi) is 1.52. The van der Waals surface area contributed by atoms with Crippen molar-refractivity contribution < 1.29 is 5.11 Å². The summed E-state index contributed by atoms with van der Waals surface area (Å²) >= 11 is 6.31. The highest BCUT2D eigenvalue weighted by molar-refractivity contribution is 6.21. The second kappa shape index (κ2) is 2.39. The molecule has 1 N–H and O–H groups in total. The van der Waals surface area contributed by atoms with Crippen molar-refractivity contribution in [2.24, 2.45) is 23.7 Å². The van der Waals surface area contributed by atoms with Crippen LogP contribution in [0.3, 0.4) is 0 Å². The van der Waals surface area contributed by atoms with Crippen molar-refractivity contribution in [1.82, 2.24) is 0 Å². The van der Waals surface area contributed by atoms with Crippen LogP contribution < -0.4 is 0 Å². The van der Waals surface area contributed by atoms with Gasteiger partial charge in [-0.15, -0.1) is 11.6 Å². The minimum atomic E-state index is -0.0692. The fraction of sp³-hybridized carbons (Fsp3) is 1.00. The lowest BCUT2D eigenvalue weighted by molar-refractivity contribution is -0.0886. The largest absolute Gasteiger partial charge is 0.392 e. The lowest BCUT2D eigenvalue weighted by Gasteiger charge is -2.55. The van der Waals surface area contributed by atoms with Crippen LogP contribution in [0.4, 0.5) is 0 Å². The van der Waals surface area contributed by atoms with Crippen molar-refractivity contribution in [3.8, 4) is 0 Å². The molecule has 4 rings (SSSR count). The summed E-state index contributed by atoms with van der Waals surface area (Å²) in [7, 11) is 0. The summed E-state index contributed by atoms with van der Waals surface area (Å²) in [6, 6.07) is 0. The van der Waals surface area contributed by atoms with E-state index in [-0.39, 0.29) is 11.5 Å². The molecule has 0 aliphatic heterocycles. The van der Waals surface area contributed by atoms with Crippen LogP contribution in [0.15, 0.2) is 0 Å². The van der Waals surface area contributed by atoms with Crippen LogP contribution in [-0.4, -0.2) is 16.6 Å². The number of alkyl halides is 1. The summed E-state index contributed by atoms with van der Waals surface area (Å²) in [6.07, 6.45) is 4.94. The molecule has 0 radical (unpaired) electrons. The van der Waals surface area contributed by atoms with Crippen molar-refractivity contribution in [3.05, 3.63) is 0 Å². The van der Waals surface area contributed by atoms with Gasteiger partial charge < -0.3 is 5.11 Å². The fourth-order valence-electron chi connectivity index (χ4n) is 3.81. The number of aliphatic hydroxyl groups excluding tert-OH is 1. The van der Waals surface area contributed by atoms with Crippen molar-refractivity contribution >= 4 is 11.6 Å². The van der Waals surface area contributed by atoms with Crippen LogP contribution in [0.5, 0.6) is 0 Å². The van der Waals surface area contributed by atoms with Crippen LogP contribution in [-0.2, 0) is 0 Å². The van der Waals surface area contributed by atoms with E-state index >= 15 is 0 Å². The summed E-state index contributed by atoms with van der Waals surface area (Å²) in [5, 5.41) is 10.2. The van der Waals surface area contributed by atoms with E-state index in [9.17, 15) is 5.11 Å². The molecule has 4 fully saturated rings. The lowest BCUT2D eigenvalue weighted by Crippen LogP contribution is -2.54. The number of aliphatic hydroxyl groups is 1. The lowest BCUT2D eigenvalue weighted by atomic mass is 9.55. The van der Waals surface area contributed by atoms with Gasteiger partial charge in [0.15, 0.2) is 0 Å². The van der Waals surface area contributed by atoms with Gasteiger partial charge in [0.1, 0.15) is 0 Å². The molecule has 12 heavy (non-hydrogen) atoms. The van der Waals surface area contributed by atoms with E-state index in [4.69, 9.17) is 11.6 Å². The average Bonchev–Trinajstić information content (AvgIpc) is 2.07. The van der Waals surface area contributed by atoms with Crippen LogP contribution in [0.1, 0.15) is 25.7 Å². The molecule has 68 valence electrons. The third-order valence-corrected chi connectivity index (χ3v) is 4.94. The molecular formula is C10H15ClO. The third kappa shape index (κ3) is 0.843. The fourth-order valence-corrected chi connectivity index (χ4v) is 4.26. The monoisotopic (exact) mass is 186 g/mol. The molecule has 0 aromatic heterocycles. The Morgan fingerprint density at radius 1 is 1.00 bits per heavy atom. The minimum absolute atomic E-state index is 0.0692. The quantitative estimate of drug-likeness (QED) is 0.574. The predicted molar refractivity (Wildman–Crippen MR) is 48.1 cm³/mol. The molecule has 6 unspecified atom stereocenters. The van der Waals surface area contributed by atoms with E-state index in [0.717, 1.165) is 11.8 Å². The molecule has 0 aromatic rings. The third-order valence-electron chi connectivity index (χ3n) is 4.26. The molecule has 1 nitrogen and oxygen atoms in total. The van der Waals surface area contributed by atoms with Gasteiger partial charge in [-0.3, -0.25) is 0 Å². The van der Waals surface area contributed by atoms with E-state index in [2.05, 4.69) is 0 Å². The maximum Gasteiger partial charge on any atom is 0.0611 e. The zero-order valence-electron chi connectivity index (χ0n) is 7.12. The molecule has 4 aliphatic rings. The average molecular weight is 187 g/mol. The molecule has 4 aliphatic carbocycles. The van der Waals surface area contributed by atoms with Gasteiger partial charge in [-0.2, -0.15) is 0 Å². The maximum atomic E-state index is 9.91. The van der Waals surface area contributed by atoms with Gasteiger partial charge in [-0.05, 0) is 43.4 Å². The standard InChI is InChI=1S/C10H15ClO/c11-9-6-1-5-2-7(4-6)10(12)8(9)3-5/h5-10,12H,1-4H2. The molecule has 0 aromatic carbocycles. The summed E-state index contributed by atoms with van der Waals surface area (Å²) in [4.78, 5) is 0. The number of rotatable bonds is 0. The Morgan fingerprint density at radius 2 is 1.75 bits per heavy atom. The first-order chi connectivity index (χ1) is 5.75. The number of hydrogen-bond acceptors (Lipinski definition) is 1. The molecule has 6 atom stereocenters. The van der Waals surface area contributed by atoms with Crippen LogP contribution >= 0.6 is 11.6 Å². The summed E-state index contributed by atoms with van der Waals surface area (Å²) in [6.45, 7) is 0. The first-order valence-corrected chi connectivity index (χ1v) is 5.51.